The first-order valence-corrected chi connectivity index (χ1v) is 6.48. The standard InChI is InChI=1S/C15H13ClFNO3/c1-21-12-8-3-2-7-11(12)18-14(15(19)20)9-5-4-6-10(16)13(9)17/h2-8,14,18H,1H3,(H,19,20). The zero-order valence-electron chi connectivity index (χ0n) is 11.1. The van der Waals surface area contributed by atoms with E-state index in [1.165, 1.54) is 25.3 Å². The number of ether oxygens (including phenoxy) is 1. The predicted molar refractivity (Wildman–Crippen MR) is 78.4 cm³/mol. The first-order chi connectivity index (χ1) is 10.0. The summed E-state index contributed by atoms with van der Waals surface area (Å²) in [6, 6.07) is 9.76. The summed E-state index contributed by atoms with van der Waals surface area (Å²) in [7, 11) is 1.47. The quantitative estimate of drug-likeness (QED) is 0.883. The number of rotatable bonds is 5. The van der Waals surface area contributed by atoms with Gasteiger partial charge in [0.15, 0.2) is 6.04 Å². The highest BCUT2D eigenvalue weighted by atomic mass is 35.5. The Morgan fingerprint density at radius 1 is 1.29 bits per heavy atom. The van der Waals surface area contributed by atoms with Crippen LogP contribution in [-0.4, -0.2) is 18.2 Å². The minimum Gasteiger partial charge on any atom is -0.495 e. The molecule has 0 aliphatic carbocycles. The minimum atomic E-state index is -1.28. The molecule has 2 aromatic carbocycles. The monoisotopic (exact) mass is 309 g/mol. The normalized spacial score (nSPS) is 11.8. The van der Waals surface area contributed by atoms with Crippen LogP contribution in [0.5, 0.6) is 5.75 Å². The molecular formula is C15H13ClFNO3. The molecule has 4 nitrogen and oxygen atoms in total. The zero-order chi connectivity index (χ0) is 15.4. The van der Waals surface area contributed by atoms with Crippen LogP contribution >= 0.6 is 11.6 Å². The average molecular weight is 310 g/mol. The zero-order valence-corrected chi connectivity index (χ0v) is 11.9. The van der Waals surface area contributed by atoms with Gasteiger partial charge in [-0.1, -0.05) is 35.9 Å². The van der Waals surface area contributed by atoms with Gasteiger partial charge >= 0.3 is 5.97 Å². The van der Waals surface area contributed by atoms with Crippen molar-refractivity contribution in [3.05, 3.63) is 58.9 Å². The fraction of sp³-hybridized carbons (Fsp3) is 0.133. The average Bonchev–Trinajstić information content (AvgIpc) is 2.48. The lowest BCUT2D eigenvalue weighted by atomic mass is 10.1. The maximum atomic E-state index is 14.0. The number of carboxylic acid groups (broad SMARTS) is 1. The van der Waals surface area contributed by atoms with E-state index in [9.17, 15) is 14.3 Å². The Kier molecular flexibility index (Phi) is 4.65. The fourth-order valence-corrected chi connectivity index (χ4v) is 2.12. The van der Waals surface area contributed by atoms with Crippen LogP contribution in [0.3, 0.4) is 0 Å². The van der Waals surface area contributed by atoms with Gasteiger partial charge in [-0.15, -0.1) is 0 Å². The number of hydrogen-bond donors (Lipinski definition) is 2. The summed E-state index contributed by atoms with van der Waals surface area (Å²) in [5, 5.41) is 12.0. The van der Waals surface area contributed by atoms with Crippen LogP contribution in [0.2, 0.25) is 5.02 Å². The Morgan fingerprint density at radius 2 is 2.00 bits per heavy atom. The van der Waals surface area contributed by atoms with E-state index in [-0.39, 0.29) is 10.6 Å². The molecule has 2 N–H and O–H groups in total. The lowest BCUT2D eigenvalue weighted by molar-refractivity contribution is -0.138. The van der Waals surface area contributed by atoms with Gasteiger partial charge in [-0.3, -0.25) is 0 Å². The van der Waals surface area contributed by atoms with Crippen LogP contribution in [0.15, 0.2) is 42.5 Å². The van der Waals surface area contributed by atoms with Gasteiger partial charge in [-0.05, 0) is 18.2 Å². The highest BCUT2D eigenvalue weighted by molar-refractivity contribution is 6.30. The molecule has 2 rings (SSSR count). The largest absolute Gasteiger partial charge is 0.495 e. The summed E-state index contributed by atoms with van der Waals surface area (Å²) >= 11 is 5.70. The number of hydrogen-bond acceptors (Lipinski definition) is 3. The first kappa shape index (κ1) is 15.1. The van der Waals surface area contributed by atoms with E-state index < -0.39 is 17.8 Å². The molecule has 0 saturated carbocycles. The number of methoxy groups -OCH3 is 1. The molecule has 1 atom stereocenters. The van der Waals surface area contributed by atoms with Crippen molar-refractivity contribution in [1.29, 1.82) is 0 Å². The number of carboxylic acids is 1. The molecule has 0 heterocycles. The Morgan fingerprint density at radius 3 is 2.67 bits per heavy atom. The second kappa shape index (κ2) is 6.45. The molecule has 0 fully saturated rings. The van der Waals surface area contributed by atoms with Gasteiger partial charge in [0, 0.05) is 5.56 Å². The second-order valence-electron chi connectivity index (χ2n) is 4.26. The van der Waals surface area contributed by atoms with Gasteiger partial charge in [0.1, 0.15) is 11.6 Å². The molecule has 6 heteroatoms. The molecule has 0 aromatic heterocycles. The third-order valence-electron chi connectivity index (χ3n) is 2.95. The number of benzene rings is 2. The first-order valence-electron chi connectivity index (χ1n) is 6.11. The van der Waals surface area contributed by atoms with Crippen molar-refractivity contribution < 1.29 is 19.0 Å². The van der Waals surface area contributed by atoms with E-state index in [1.54, 1.807) is 24.3 Å². The lowest BCUT2D eigenvalue weighted by Gasteiger charge is -2.19. The van der Waals surface area contributed by atoms with Gasteiger partial charge in [0.2, 0.25) is 0 Å². The number of nitrogens with one attached hydrogen (secondary N) is 1. The number of aliphatic carboxylic acids is 1. The SMILES string of the molecule is COc1ccccc1NC(C(=O)O)c1cccc(Cl)c1F. The molecule has 0 saturated heterocycles. The number of anilines is 1. The van der Waals surface area contributed by atoms with Crippen molar-refractivity contribution in [3.8, 4) is 5.75 Å². The number of carbonyl (C=O) groups is 1. The lowest BCUT2D eigenvalue weighted by Crippen LogP contribution is -2.22. The van der Waals surface area contributed by atoms with Crippen molar-refractivity contribution in [2.24, 2.45) is 0 Å². The van der Waals surface area contributed by atoms with E-state index >= 15 is 0 Å². The van der Waals surface area contributed by atoms with Crippen LogP contribution in [0.1, 0.15) is 11.6 Å². The molecule has 2 aromatic rings. The third-order valence-corrected chi connectivity index (χ3v) is 3.24. The summed E-state index contributed by atoms with van der Waals surface area (Å²) in [5.41, 5.74) is 0.410. The second-order valence-corrected chi connectivity index (χ2v) is 4.67. The number of halogens is 2. The summed E-state index contributed by atoms with van der Waals surface area (Å²) in [6.45, 7) is 0. The maximum absolute atomic E-state index is 14.0. The molecule has 0 spiro atoms. The molecule has 0 aliphatic rings. The molecular weight excluding hydrogens is 297 g/mol. The van der Waals surface area contributed by atoms with Crippen molar-refractivity contribution in [2.75, 3.05) is 12.4 Å². The van der Waals surface area contributed by atoms with Gasteiger partial charge in [0.25, 0.3) is 0 Å². The minimum absolute atomic E-state index is 0.0408. The van der Waals surface area contributed by atoms with E-state index in [1.807, 2.05) is 0 Å². The van der Waals surface area contributed by atoms with E-state index in [4.69, 9.17) is 16.3 Å². The van der Waals surface area contributed by atoms with Crippen molar-refractivity contribution >= 4 is 23.3 Å². The summed E-state index contributed by atoms with van der Waals surface area (Å²) in [5.74, 6) is -1.51. The van der Waals surface area contributed by atoms with E-state index in [0.29, 0.717) is 11.4 Å². The molecule has 0 radical (unpaired) electrons. The van der Waals surface area contributed by atoms with E-state index in [0.717, 1.165) is 0 Å². The number of para-hydroxylation sites is 2. The van der Waals surface area contributed by atoms with Crippen LogP contribution in [0.25, 0.3) is 0 Å². The van der Waals surface area contributed by atoms with Gasteiger partial charge in [-0.2, -0.15) is 0 Å². The summed E-state index contributed by atoms with van der Waals surface area (Å²) in [6.07, 6.45) is 0. The maximum Gasteiger partial charge on any atom is 0.330 e. The van der Waals surface area contributed by atoms with Crippen LogP contribution < -0.4 is 10.1 Å². The molecule has 110 valence electrons. The van der Waals surface area contributed by atoms with Crippen molar-refractivity contribution in [3.63, 3.8) is 0 Å². The van der Waals surface area contributed by atoms with E-state index in [2.05, 4.69) is 5.32 Å². The van der Waals surface area contributed by atoms with Crippen LogP contribution in [0, 0.1) is 5.82 Å². The van der Waals surface area contributed by atoms with Gasteiger partial charge in [0.05, 0.1) is 17.8 Å². The highest BCUT2D eigenvalue weighted by Crippen LogP contribution is 2.30. The predicted octanol–water partition coefficient (Wildman–Crippen LogP) is 3.73. The Hall–Kier alpha value is -2.27. The molecule has 21 heavy (non-hydrogen) atoms. The Bertz CT molecular complexity index is 663. The molecule has 0 aliphatic heterocycles. The summed E-state index contributed by atoms with van der Waals surface area (Å²) < 4.78 is 19.2. The van der Waals surface area contributed by atoms with Crippen LogP contribution in [0.4, 0.5) is 10.1 Å². The third kappa shape index (κ3) is 3.25. The smallest absolute Gasteiger partial charge is 0.330 e. The van der Waals surface area contributed by atoms with Crippen molar-refractivity contribution in [1.82, 2.24) is 0 Å². The summed E-state index contributed by atoms with van der Waals surface area (Å²) in [4.78, 5) is 11.5. The van der Waals surface area contributed by atoms with Crippen molar-refractivity contribution in [2.45, 2.75) is 6.04 Å². The topological polar surface area (TPSA) is 58.6 Å². The Labute approximate surface area is 126 Å². The molecule has 0 amide bonds. The van der Waals surface area contributed by atoms with Crippen LogP contribution in [-0.2, 0) is 4.79 Å². The molecule has 0 bridgehead atoms. The van der Waals surface area contributed by atoms with Gasteiger partial charge in [-0.25, -0.2) is 9.18 Å². The van der Waals surface area contributed by atoms with Gasteiger partial charge < -0.3 is 15.2 Å². The highest BCUT2D eigenvalue weighted by Gasteiger charge is 2.25. The fourth-order valence-electron chi connectivity index (χ4n) is 1.94. The molecule has 1 unspecified atom stereocenters. The Balaban J connectivity index is 2.41.